The van der Waals surface area contributed by atoms with Crippen molar-refractivity contribution >= 4 is 17.2 Å². The fraction of sp³-hybridized carbons (Fsp3) is 0.222. The van der Waals surface area contributed by atoms with Crippen LogP contribution in [-0.2, 0) is 0 Å². The van der Waals surface area contributed by atoms with E-state index < -0.39 is 0 Å². The van der Waals surface area contributed by atoms with Crippen molar-refractivity contribution in [3.63, 3.8) is 0 Å². The van der Waals surface area contributed by atoms with Crippen LogP contribution in [0.5, 0.6) is 0 Å². The summed E-state index contributed by atoms with van der Waals surface area (Å²) in [4.78, 5) is 13.7. The summed E-state index contributed by atoms with van der Waals surface area (Å²) in [7, 11) is 1.82. The highest BCUT2D eigenvalue weighted by Gasteiger charge is 2.03. The Morgan fingerprint density at radius 3 is 2.50 bits per heavy atom. The maximum Gasteiger partial charge on any atom is 0.144 e. The zero-order chi connectivity index (χ0) is 9.97. The van der Waals surface area contributed by atoms with Gasteiger partial charge in [-0.05, 0) is 6.92 Å². The van der Waals surface area contributed by atoms with Gasteiger partial charge in [-0.1, -0.05) is 0 Å². The number of nitrogens with one attached hydrogen (secondary N) is 1. The highest BCUT2D eigenvalue weighted by atomic mass is 32.1. The predicted octanol–water partition coefficient (Wildman–Crippen LogP) is 1.95. The molecule has 14 heavy (non-hydrogen) atoms. The van der Waals surface area contributed by atoms with Gasteiger partial charge < -0.3 is 5.32 Å². The van der Waals surface area contributed by atoms with Gasteiger partial charge in [0.1, 0.15) is 11.5 Å². The fourth-order valence-electron chi connectivity index (χ4n) is 1.06. The van der Waals surface area contributed by atoms with Crippen LogP contribution < -0.4 is 5.32 Å². The zero-order valence-electron chi connectivity index (χ0n) is 7.98. The van der Waals surface area contributed by atoms with Gasteiger partial charge in [-0.15, -0.1) is 11.3 Å². The van der Waals surface area contributed by atoms with Crippen molar-refractivity contribution in [3.8, 4) is 10.6 Å². The molecule has 72 valence electrons. The lowest BCUT2D eigenvalue weighted by Gasteiger charge is -1.98. The Kier molecular flexibility index (Phi) is 2.41. The fourth-order valence-corrected chi connectivity index (χ4v) is 1.80. The number of rotatable bonds is 2. The summed E-state index contributed by atoms with van der Waals surface area (Å²) >= 11 is 1.62. The molecule has 0 atom stereocenters. The van der Waals surface area contributed by atoms with Gasteiger partial charge in [0.25, 0.3) is 0 Å². The van der Waals surface area contributed by atoms with Gasteiger partial charge >= 0.3 is 0 Å². The van der Waals surface area contributed by atoms with Gasteiger partial charge in [0, 0.05) is 13.2 Å². The third-order valence-electron chi connectivity index (χ3n) is 1.78. The lowest BCUT2D eigenvalue weighted by atomic mass is 10.4. The molecule has 0 aliphatic heterocycles. The van der Waals surface area contributed by atoms with Crippen LogP contribution in [0, 0.1) is 6.92 Å². The molecule has 0 bridgehead atoms. The van der Waals surface area contributed by atoms with Gasteiger partial charge in [0.05, 0.1) is 22.3 Å². The Morgan fingerprint density at radius 1 is 1.14 bits per heavy atom. The van der Waals surface area contributed by atoms with Crippen molar-refractivity contribution in [2.24, 2.45) is 0 Å². The van der Waals surface area contributed by atoms with E-state index in [9.17, 15) is 0 Å². The lowest BCUT2D eigenvalue weighted by Crippen LogP contribution is -1.93. The number of nitrogens with zero attached hydrogens (tertiary/aromatic N) is 3. The third kappa shape index (κ3) is 1.72. The molecule has 0 aliphatic carbocycles. The summed E-state index contributed by atoms with van der Waals surface area (Å²) in [5.41, 5.74) is 0.870. The van der Waals surface area contributed by atoms with E-state index >= 15 is 0 Å². The van der Waals surface area contributed by atoms with Gasteiger partial charge in [-0.3, -0.25) is 0 Å². The average molecular weight is 206 g/mol. The first-order valence-electron chi connectivity index (χ1n) is 4.22. The van der Waals surface area contributed by atoms with E-state index in [1.807, 2.05) is 20.2 Å². The summed E-state index contributed by atoms with van der Waals surface area (Å²) in [6, 6.07) is 0. The lowest BCUT2D eigenvalue weighted by molar-refractivity contribution is 1.19. The van der Waals surface area contributed by atoms with Crippen LogP contribution in [-0.4, -0.2) is 22.0 Å². The molecule has 2 heterocycles. The first-order chi connectivity index (χ1) is 6.79. The second kappa shape index (κ2) is 3.71. The SMILES string of the molecule is CNc1cnc(-c2cnc(C)s2)cn1. The standard InChI is InChI=1S/C9H10N4S/c1-6-11-4-8(14-6)7-3-13-9(10-2)5-12-7/h3-5H,1-2H3,(H,10,13). The smallest absolute Gasteiger partial charge is 0.144 e. The first kappa shape index (κ1) is 9.08. The Morgan fingerprint density at radius 2 is 2.00 bits per heavy atom. The number of aryl methyl sites for hydroxylation is 1. The van der Waals surface area contributed by atoms with Gasteiger partial charge in [-0.2, -0.15) is 0 Å². The maximum atomic E-state index is 4.28. The average Bonchev–Trinajstić information content (AvgIpc) is 2.65. The van der Waals surface area contributed by atoms with Crippen molar-refractivity contribution in [1.29, 1.82) is 0 Å². The number of aromatic nitrogens is 3. The van der Waals surface area contributed by atoms with Crippen LogP contribution >= 0.6 is 11.3 Å². The molecule has 2 aromatic rings. The second-order valence-corrected chi connectivity index (χ2v) is 4.02. The second-order valence-electron chi connectivity index (χ2n) is 2.78. The molecule has 0 saturated carbocycles. The van der Waals surface area contributed by atoms with E-state index in [2.05, 4.69) is 20.3 Å². The highest BCUT2D eigenvalue weighted by molar-refractivity contribution is 7.15. The number of thiazole rings is 1. The van der Waals surface area contributed by atoms with Crippen molar-refractivity contribution in [2.75, 3.05) is 12.4 Å². The Labute approximate surface area is 86.1 Å². The molecule has 0 unspecified atom stereocenters. The zero-order valence-corrected chi connectivity index (χ0v) is 8.80. The van der Waals surface area contributed by atoms with E-state index in [-0.39, 0.29) is 0 Å². The predicted molar refractivity (Wildman–Crippen MR) is 57.4 cm³/mol. The number of hydrogen-bond acceptors (Lipinski definition) is 5. The molecule has 4 nitrogen and oxygen atoms in total. The van der Waals surface area contributed by atoms with Crippen LogP contribution in [0.4, 0.5) is 5.82 Å². The minimum atomic E-state index is 0.773. The summed E-state index contributed by atoms with van der Waals surface area (Å²) in [5, 5.41) is 3.97. The Balaban J connectivity index is 2.33. The normalized spacial score (nSPS) is 10.1. The summed E-state index contributed by atoms with van der Waals surface area (Å²) < 4.78 is 0. The summed E-state index contributed by atoms with van der Waals surface area (Å²) in [6.07, 6.45) is 5.28. The third-order valence-corrected chi connectivity index (χ3v) is 2.72. The first-order valence-corrected chi connectivity index (χ1v) is 5.04. The molecule has 0 aliphatic rings. The van der Waals surface area contributed by atoms with Crippen molar-refractivity contribution in [1.82, 2.24) is 15.0 Å². The molecule has 5 heteroatoms. The van der Waals surface area contributed by atoms with Crippen LogP contribution in [0.1, 0.15) is 5.01 Å². The van der Waals surface area contributed by atoms with E-state index in [0.29, 0.717) is 0 Å². The molecule has 0 aromatic carbocycles. The van der Waals surface area contributed by atoms with E-state index in [4.69, 9.17) is 0 Å². The molecule has 0 saturated heterocycles. The summed E-state index contributed by atoms with van der Waals surface area (Å²) in [5.74, 6) is 0.773. The van der Waals surface area contributed by atoms with Crippen molar-refractivity contribution in [2.45, 2.75) is 6.92 Å². The maximum absolute atomic E-state index is 4.28. The molecule has 0 fully saturated rings. The van der Waals surface area contributed by atoms with Gasteiger partial charge in [0.15, 0.2) is 0 Å². The monoisotopic (exact) mass is 206 g/mol. The van der Waals surface area contributed by atoms with E-state index in [1.165, 1.54) is 0 Å². The van der Waals surface area contributed by atoms with Gasteiger partial charge in [-0.25, -0.2) is 15.0 Å². The molecule has 2 rings (SSSR count). The minimum absolute atomic E-state index is 0.773. The van der Waals surface area contributed by atoms with E-state index in [0.717, 1.165) is 21.4 Å². The van der Waals surface area contributed by atoms with Crippen LogP contribution in [0.2, 0.25) is 0 Å². The quantitative estimate of drug-likeness (QED) is 0.816. The molecule has 1 N–H and O–H groups in total. The molecular formula is C9H10N4S. The summed E-state index contributed by atoms with van der Waals surface area (Å²) in [6.45, 7) is 1.98. The largest absolute Gasteiger partial charge is 0.372 e. The number of anilines is 1. The number of hydrogen-bond donors (Lipinski definition) is 1. The van der Waals surface area contributed by atoms with E-state index in [1.54, 1.807) is 23.7 Å². The molecule has 2 aromatic heterocycles. The highest BCUT2D eigenvalue weighted by Crippen LogP contribution is 2.23. The van der Waals surface area contributed by atoms with Crippen molar-refractivity contribution in [3.05, 3.63) is 23.6 Å². The van der Waals surface area contributed by atoms with Crippen LogP contribution in [0.25, 0.3) is 10.6 Å². The molecule has 0 spiro atoms. The molecular weight excluding hydrogens is 196 g/mol. The van der Waals surface area contributed by atoms with Gasteiger partial charge in [0.2, 0.25) is 0 Å². The molecule has 0 radical (unpaired) electrons. The Bertz CT molecular complexity index is 421. The topological polar surface area (TPSA) is 50.7 Å². The molecule has 0 amide bonds. The minimum Gasteiger partial charge on any atom is -0.372 e. The van der Waals surface area contributed by atoms with Crippen LogP contribution in [0.3, 0.4) is 0 Å². The van der Waals surface area contributed by atoms with Crippen molar-refractivity contribution < 1.29 is 0 Å². The Hall–Kier alpha value is -1.49. The van der Waals surface area contributed by atoms with Crippen LogP contribution in [0.15, 0.2) is 18.6 Å².